The van der Waals surface area contributed by atoms with Crippen LogP contribution in [0, 0.1) is 0 Å². The van der Waals surface area contributed by atoms with Crippen molar-refractivity contribution < 1.29 is 24.2 Å². The molecule has 0 bridgehead atoms. The van der Waals surface area contributed by atoms with Gasteiger partial charge in [-0.25, -0.2) is 0 Å². The molecule has 1 atom stereocenters. The van der Waals surface area contributed by atoms with E-state index in [2.05, 4.69) is 17.1 Å². The third-order valence-corrected chi connectivity index (χ3v) is 5.46. The van der Waals surface area contributed by atoms with Gasteiger partial charge in [0.2, 0.25) is 12.5 Å². The molecule has 0 radical (unpaired) electrons. The van der Waals surface area contributed by atoms with E-state index >= 15 is 0 Å². The summed E-state index contributed by atoms with van der Waals surface area (Å²) in [7, 11) is 5.33. The Morgan fingerprint density at radius 3 is 2.79 bits per heavy atom. The number of benzene rings is 2. The molecule has 8 heteroatoms. The second kappa shape index (κ2) is 8.80. The Hall–Kier alpha value is -2.64. The van der Waals surface area contributed by atoms with E-state index in [1.807, 2.05) is 30.3 Å². The first-order valence-electron chi connectivity index (χ1n) is 9.21. The molecule has 156 valence electrons. The van der Waals surface area contributed by atoms with Gasteiger partial charge in [-0.2, -0.15) is 0 Å². The van der Waals surface area contributed by atoms with E-state index in [-0.39, 0.29) is 25.2 Å². The summed E-state index contributed by atoms with van der Waals surface area (Å²) in [6.07, 6.45) is 1.41. The smallest absolute Gasteiger partial charge is 0.231 e. The highest BCUT2D eigenvalue weighted by molar-refractivity contribution is 6.01. The number of fused-ring (bicyclic) bond motifs is 2. The zero-order valence-electron chi connectivity index (χ0n) is 16.7. The van der Waals surface area contributed by atoms with Gasteiger partial charge >= 0.3 is 0 Å². The summed E-state index contributed by atoms with van der Waals surface area (Å²) >= 11 is 0. The van der Waals surface area contributed by atoms with Crippen LogP contribution in [0.3, 0.4) is 0 Å². The molecule has 0 saturated carbocycles. The number of methoxy groups -OCH3 is 2. The van der Waals surface area contributed by atoms with Gasteiger partial charge < -0.3 is 24.2 Å². The van der Waals surface area contributed by atoms with Crippen molar-refractivity contribution in [3.05, 3.63) is 47.0 Å². The second-order valence-electron chi connectivity index (χ2n) is 6.95. The van der Waals surface area contributed by atoms with E-state index in [0.717, 1.165) is 35.6 Å². The maximum Gasteiger partial charge on any atom is 0.231 e. The molecule has 0 amide bonds. The summed E-state index contributed by atoms with van der Waals surface area (Å²) in [6.45, 7) is 1.08. The van der Waals surface area contributed by atoms with Crippen LogP contribution in [-0.2, 0) is 6.42 Å². The molecular weight excluding hydrogens is 396 g/mol. The average molecular weight is 421 g/mol. The minimum absolute atomic E-state index is 0. The molecule has 0 saturated heterocycles. The van der Waals surface area contributed by atoms with Gasteiger partial charge in [-0.15, -0.1) is 12.4 Å². The Kier molecular flexibility index (Phi) is 6.39. The van der Waals surface area contributed by atoms with Gasteiger partial charge in [0, 0.05) is 30.1 Å². The van der Waals surface area contributed by atoms with E-state index in [1.54, 1.807) is 14.2 Å². The SMILES string of the molecule is COc1cccc(/C(CC2c3c(cc4c(c3OC)OCO4)CCN2C)=N\O)c1.Cl. The molecule has 0 aromatic heterocycles. The lowest BCUT2D eigenvalue weighted by molar-refractivity contribution is 0.170. The fourth-order valence-electron chi connectivity index (χ4n) is 3.99. The Morgan fingerprint density at radius 2 is 2.07 bits per heavy atom. The van der Waals surface area contributed by atoms with E-state index in [9.17, 15) is 5.21 Å². The maximum atomic E-state index is 9.74. The number of likely N-dealkylation sites (N-methyl/N-ethyl adjacent to an activating group) is 1. The number of hydrogen-bond acceptors (Lipinski definition) is 7. The van der Waals surface area contributed by atoms with Crippen molar-refractivity contribution in [2.45, 2.75) is 18.9 Å². The minimum Gasteiger partial charge on any atom is -0.497 e. The van der Waals surface area contributed by atoms with Crippen molar-refractivity contribution in [3.63, 3.8) is 0 Å². The third-order valence-electron chi connectivity index (χ3n) is 5.46. The van der Waals surface area contributed by atoms with E-state index in [0.29, 0.717) is 23.6 Å². The summed E-state index contributed by atoms with van der Waals surface area (Å²) in [5.74, 6) is 2.79. The standard InChI is InChI=1S/C21H24N2O5.ClH/c1-23-8-7-14-10-18-20(28-12-27-18)21(26-3)19(14)17(23)11-16(22-24)13-5-4-6-15(9-13)25-2;/h4-6,9-10,17,24H,7-8,11-12H2,1-3H3;1H/b22-16-;. The van der Waals surface area contributed by atoms with Crippen LogP contribution in [0.1, 0.15) is 29.2 Å². The zero-order valence-corrected chi connectivity index (χ0v) is 17.5. The fourth-order valence-corrected chi connectivity index (χ4v) is 3.99. The first kappa shape index (κ1) is 21.1. The number of hydrogen-bond donors (Lipinski definition) is 1. The molecule has 2 aliphatic rings. The van der Waals surface area contributed by atoms with Gasteiger partial charge in [0.15, 0.2) is 11.5 Å². The predicted octanol–water partition coefficient (Wildman–Crippen LogP) is 3.65. The van der Waals surface area contributed by atoms with Crippen molar-refractivity contribution in [2.24, 2.45) is 5.16 Å². The Labute approximate surface area is 176 Å². The highest BCUT2D eigenvalue weighted by atomic mass is 35.5. The molecule has 2 aromatic rings. The summed E-state index contributed by atoms with van der Waals surface area (Å²) in [4.78, 5) is 2.25. The number of oxime groups is 1. The molecule has 0 fully saturated rings. The zero-order chi connectivity index (χ0) is 19.7. The van der Waals surface area contributed by atoms with Crippen LogP contribution in [0.4, 0.5) is 0 Å². The second-order valence-corrected chi connectivity index (χ2v) is 6.95. The summed E-state index contributed by atoms with van der Waals surface area (Å²) in [5.41, 5.74) is 3.64. The van der Waals surface area contributed by atoms with Crippen LogP contribution in [0.2, 0.25) is 0 Å². The van der Waals surface area contributed by atoms with Gasteiger partial charge in [0.1, 0.15) is 5.75 Å². The van der Waals surface area contributed by atoms with Crippen LogP contribution in [0.5, 0.6) is 23.0 Å². The van der Waals surface area contributed by atoms with Gasteiger partial charge in [-0.3, -0.25) is 4.90 Å². The molecule has 2 aromatic carbocycles. The molecule has 2 aliphatic heterocycles. The molecule has 1 unspecified atom stereocenters. The largest absolute Gasteiger partial charge is 0.497 e. The van der Waals surface area contributed by atoms with Gasteiger partial charge in [-0.1, -0.05) is 17.3 Å². The van der Waals surface area contributed by atoms with E-state index in [1.165, 1.54) is 5.56 Å². The van der Waals surface area contributed by atoms with Gasteiger partial charge in [0.05, 0.1) is 19.9 Å². The molecular formula is C21H25ClN2O5. The fraction of sp³-hybridized carbons (Fsp3) is 0.381. The minimum atomic E-state index is -0.0229. The van der Waals surface area contributed by atoms with Gasteiger partial charge in [-0.05, 0) is 37.2 Å². The Bertz CT molecular complexity index is 918. The molecule has 0 spiro atoms. The first-order chi connectivity index (χ1) is 13.7. The monoisotopic (exact) mass is 420 g/mol. The van der Waals surface area contributed by atoms with Crippen molar-refractivity contribution in [1.82, 2.24) is 4.90 Å². The highest BCUT2D eigenvalue weighted by Gasteiger charge is 2.34. The highest BCUT2D eigenvalue weighted by Crippen LogP contribution is 2.50. The lowest BCUT2D eigenvalue weighted by atomic mass is 9.87. The van der Waals surface area contributed by atoms with E-state index in [4.69, 9.17) is 18.9 Å². The van der Waals surface area contributed by atoms with Crippen molar-refractivity contribution in [2.75, 3.05) is 34.6 Å². The Morgan fingerprint density at radius 1 is 1.24 bits per heavy atom. The van der Waals surface area contributed by atoms with E-state index < -0.39 is 0 Å². The number of rotatable bonds is 5. The van der Waals surface area contributed by atoms with Crippen molar-refractivity contribution in [1.29, 1.82) is 0 Å². The molecule has 0 aliphatic carbocycles. The first-order valence-corrected chi connectivity index (χ1v) is 9.21. The van der Waals surface area contributed by atoms with Crippen LogP contribution >= 0.6 is 12.4 Å². The van der Waals surface area contributed by atoms with Crippen LogP contribution < -0.4 is 18.9 Å². The summed E-state index contributed by atoms with van der Waals surface area (Å²) in [6, 6.07) is 9.56. The third kappa shape index (κ3) is 3.80. The van der Waals surface area contributed by atoms with Crippen LogP contribution in [0.25, 0.3) is 0 Å². The quantitative estimate of drug-likeness (QED) is 0.452. The normalized spacial score (nSPS) is 18.0. The predicted molar refractivity (Wildman–Crippen MR) is 111 cm³/mol. The van der Waals surface area contributed by atoms with Gasteiger partial charge in [0.25, 0.3) is 0 Å². The molecule has 2 heterocycles. The molecule has 4 rings (SSSR count). The van der Waals surface area contributed by atoms with Crippen molar-refractivity contribution in [3.8, 4) is 23.0 Å². The summed E-state index contributed by atoms with van der Waals surface area (Å²) < 4.78 is 22.3. The van der Waals surface area contributed by atoms with Crippen LogP contribution in [-0.4, -0.2) is 50.4 Å². The molecule has 7 nitrogen and oxygen atoms in total. The number of ether oxygens (including phenoxy) is 4. The van der Waals surface area contributed by atoms with Crippen molar-refractivity contribution >= 4 is 18.1 Å². The Balaban J connectivity index is 0.00000240. The number of nitrogens with zero attached hydrogens (tertiary/aromatic N) is 2. The maximum absolute atomic E-state index is 9.74. The number of halogens is 1. The van der Waals surface area contributed by atoms with Crippen LogP contribution in [0.15, 0.2) is 35.5 Å². The lowest BCUT2D eigenvalue weighted by Crippen LogP contribution is -2.34. The summed E-state index contributed by atoms with van der Waals surface area (Å²) in [5, 5.41) is 13.3. The average Bonchev–Trinajstić information content (AvgIpc) is 3.20. The lowest BCUT2D eigenvalue weighted by Gasteiger charge is -2.36. The molecule has 1 N–H and O–H groups in total. The molecule has 29 heavy (non-hydrogen) atoms. The topological polar surface area (TPSA) is 72.8 Å².